The van der Waals surface area contributed by atoms with Gasteiger partial charge in [-0.3, -0.25) is 0 Å². The first kappa shape index (κ1) is 12.2. The van der Waals surface area contributed by atoms with Crippen molar-refractivity contribution in [2.24, 2.45) is 0 Å². The van der Waals surface area contributed by atoms with Crippen LogP contribution in [0, 0.1) is 0 Å². The molecule has 0 spiro atoms. The molecule has 1 fully saturated rings. The average Bonchev–Trinajstić information content (AvgIpc) is 2.30. The van der Waals surface area contributed by atoms with E-state index in [9.17, 15) is 0 Å². The predicted molar refractivity (Wildman–Crippen MR) is 70.2 cm³/mol. The van der Waals surface area contributed by atoms with E-state index in [2.05, 4.69) is 11.4 Å². The molecule has 0 aliphatic heterocycles. The first-order valence-electron chi connectivity index (χ1n) is 5.88. The van der Waals surface area contributed by atoms with Gasteiger partial charge in [0.05, 0.1) is 0 Å². The van der Waals surface area contributed by atoms with Crippen LogP contribution in [-0.2, 0) is 6.54 Å². The van der Waals surface area contributed by atoms with E-state index in [0.29, 0.717) is 6.04 Å². The quantitative estimate of drug-likeness (QED) is 0.808. The lowest BCUT2D eigenvalue weighted by atomic mass is 9.95. The summed E-state index contributed by atoms with van der Waals surface area (Å²) in [5.41, 5.74) is 1.15. The van der Waals surface area contributed by atoms with Crippen molar-refractivity contribution in [3.05, 3.63) is 34.9 Å². The molecular formula is C13H17Cl2N. The molecule has 0 heterocycles. The first-order chi connectivity index (χ1) is 7.77. The van der Waals surface area contributed by atoms with Crippen LogP contribution >= 0.6 is 23.2 Å². The minimum Gasteiger partial charge on any atom is -0.308 e. The lowest BCUT2D eigenvalue weighted by molar-refractivity contribution is 0.378. The van der Waals surface area contributed by atoms with Gasteiger partial charge in [0.2, 0.25) is 0 Å². The molecule has 2 unspecified atom stereocenters. The van der Waals surface area contributed by atoms with Gasteiger partial charge in [0.15, 0.2) is 0 Å². The van der Waals surface area contributed by atoms with Gasteiger partial charge in [-0.2, -0.15) is 0 Å². The maximum absolute atomic E-state index is 6.29. The Morgan fingerprint density at radius 1 is 1.19 bits per heavy atom. The van der Waals surface area contributed by atoms with E-state index < -0.39 is 0 Å². The minimum absolute atomic E-state index is 0.274. The largest absolute Gasteiger partial charge is 0.308 e. The van der Waals surface area contributed by atoms with Crippen LogP contribution < -0.4 is 5.32 Å². The molecule has 1 aromatic rings. The Balaban J connectivity index is 1.89. The van der Waals surface area contributed by atoms with Gasteiger partial charge in [0, 0.05) is 23.0 Å². The molecule has 88 valence electrons. The fourth-order valence-corrected chi connectivity index (χ4v) is 2.77. The number of alkyl halides is 1. The van der Waals surface area contributed by atoms with Crippen molar-refractivity contribution in [1.29, 1.82) is 0 Å². The summed E-state index contributed by atoms with van der Waals surface area (Å²) in [6, 6.07) is 8.39. The van der Waals surface area contributed by atoms with Crippen LogP contribution in [0.3, 0.4) is 0 Å². The van der Waals surface area contributed by atoms with Gasteiger partial charge in [-0.25, -0.2) is 0 Å². The van der Waals surface area contributed by atoms with Gasteiger partial charge in [-0.05, 0) is 24.5 Å². The lowest BCUT2D eigenvalue weighted by Crippen LogP contribution is -2.38. The van der Waals surface area contributed by atoms with Gasteiger partial charge >= 0.3 is 0 Å². The maximum atomic E-state index is 6.29. The maximum Gasteiger partial charge on any atom is 0.0489 e. The van der Waals surface area contributed by atoms with Gasteiger partial charge < -0.3 is 5.32 Å². The highest BCUT2D eigenvalue weighted by Gasteiger charge is 2.22. The molecule has 1 aliphatic rings. The lowest BCUT2D eigenvalue weighted by Gasteiger charge is -2.28. The van der Waals surface area contributed by atoms with E-state index in [1.54, 1.807) is 0 Å². The molecular weight excluding hydrogens is 241 g/mol. The fraction of sp³-hybridized carbons (Fsp3) is 0.538. The molecule has 3 heteroatoms. The molecule has 2 atom stereocenters. The third-order valence-corrected chi connectivity index (χ3v) is 4.09. The summed E-state index contributed by atoms with van der Waals surface area (Å²) in [5.74, 6) is 0. The molecule has 1 nitrogen and oxygen atoms in total. The number of hydrogen-bond acceptors (Lipinski definition) is 1. The van der Waals surface area contributed by atoms with Crippen LogP contribution in [0.1, 0.15) is 31.2 Å². The molecule has 16 heavy (non-hydrogen) atoms. The third kappa shape index (κ3) is 3.13. The number of halogens is 2. The SMILES string of the molecule is Clc1ccccc1CNC1CCCCC1Cl. The number of hydrogen-bond donors (Lipinski definition) is 1. The smallest absolute Gasteiger partial charge is 0.0489 e. The normalized spacial score (nSPS) is 25.6. The molecule has 0 bridgehead atoms. The summed E-state index contributed by atoms with van der Waals surface area (Å²) >= 11 is 12.4. The second-order valence-electron chi connectivity index (χ2n) is 4.38. The van der Waals surface area contributed by atoms with Crippen LogP contribution in [0.5, 0.6) is 0 Å². The zero-order chi connectivity index (χ0) is 11.4. The molecule has 2 rings (SSSR count). The number of nitrogens with one attached hydrogen (secondary N) is 1. The second kappa shape index (κ2) is 5.90. The standard InChI is InChI=1S/C13H17Cl2N/c14-11-6-2-1-5-10(11)9-16-13-8-4-3-7-12(13)15/h1-2,5-6,12-13,16H,3-4,7-9H2. The van der Waals surface area contributed by atoms with E-state index in [-0.39, 0.29) is 5.38 Å². The molecule has 0 aromatic heterocycles. The summed E-state index contributed by atoms with van der Waals surface area (Å²) in [6.07, 6.45) is 4.85. The van der Waals surface area contributed by atoms with Crippen molar-refractivity contribution in [2.45, 2.75) is 43.6 Å². The minimum atomic E-state index is 0.274. The Kier molecular flexibility index (Phi) is 4.51. The van der Waals surface area contributed by atoms with Crippen molar-refractivity contribution in [3.8, 4) is 0 Å². The van der Waals surface area contributed by atoms with E-state index in [0.717, 1.165) is 23.6 Å². The Hall–Kier alpha value is -0.240. The Bertz CT molecular complexity index is 340. The van der Waals surface area contributed by atoms with E-state index in [4.69, 9.17) is 23.2 Å². The zero-order valence-electron chi connectivity index (χ0n) is 9.26. The van der Waals surface area contributed by atoms with E-state index in [1.807, 2.05) is 18.2 Å². The monoisotopic (exact) mass is 257 g/mol. The fourth-order valence-electron chi connectivity index (χ4n) is 2.20. The topological polar surface area (TPSA) is 12.0 Å². The van der Waals surface area contributed by atoms with Gasteiger partial charge in [-0.1, -0.05) is 42.6 Å². The second-order valence-corrected chi connectivity index (χ2v) is 5.35. The van der Waals surface area contributed by atoms with Crippen molar-refractivity contribution >= 4 is 23.2 Å². The Morgan fingerprint density at radius 2 is 1.94 bits per heavy atom. The Morgan fingerprint density at radius 3 is 2.69 bits per heavy atom. The van der Waals surface area contributed by atoms with Crippen LogP contribution in [-0.4, -0.2) is 11.4 Å². The highest BCUT2D eigenvalue weighted by Crippen LogP contribution is 2.24. The average molecular weight is 258 g/mol. The van der Waals surface area contributed by atoms with Crippen molar-refractivity contribution < 1.29 is 0 Å². The molecule has 0 radical (unpaired) electrons. The molecule has 0 saturated heterocycles. The molecule has 1 N–H and O–H groups in total. The molecule has 1 saturated carbocycles. The van der Waals surface area contributed by atoms with Gasteiger partial charge in [0.25, 0.3) is 0 Å². The van der Waals surface area contributed by atoms with Crippen molar-refractivity contribution in [1.82, 2.24) is 5.32 Å². The highest BCUT2D eigenvalue weighted by atomic mass is 35.5. The Labute approximate surface area is 107 Å². The summed E-state index contributed by atoms with van der Waals surface area (Å²) in [6.45, 7) is 0.813. The van der Waals surface area contributed by atoms with Crippen LogP contribution in [0.25, 0.3) is 0 Å². The summed E-state index contributed by atoms with van der Waals surface area (Å²) in [7, 11) is 0. The summed E-state index contributed by atoms with van der Waals surface area (Å²) in [5, 5.41) is 4.62. The first-order valence-corrected chi connectivity index (χ1v) is 6.69. The van der Waals surface area contributed by atoms with E-state index in [1.165, 1.54) is 19.3 Å². The van der Waals surface area contributed by atoms with E-state index >= 15 is 0 Å². The zero-order valence-corrected chi connectivity index (χ0v) is 10.8. The van der Waals surface area contributed by atoms with Crippen LogP contribution in [0.15, 0.2) is 24.3 Å². The van der Waals surface area contributed by atoms with Crippen LogP contribution in [0.4, 0.5) is 0 Å². The highest BCUT2D eigenvalue weighted by molar-refractivity contribution is 6.31. The third-order valence-electron chi connectivity index (χ3n) is 3.19. The van der Waals surface area contributed by atoms with Crippen molar-refractivity contribution in [2.75, 3.05) is 0 Å². The number of benzene rings is 1. The summed E-state index contributed by atoms with van der Waals surface area (Å²) in [4.78, 5) is 0. The van der Waals surface area contributed by atoms with Crippen molar-refractivity contribution in [3.63, 3.8) is 0 Å². The van der Waals surface area contributed by atoms with Crippen LogP contribution in [0.2, 0.25) is 5.02 Å². The van der Waals surface area contributed by atoms with Gasteiger partial charge in [-0.15, -0.1) is 11.6 Å². The van der Waals surface area contributed by atoms with Gasteiger partial charge in [0.1, 0.15) is 0 Å². The molecule has 1 aliphatic carbocycles. The summed E-state index contributed by atoms with van der Waals surface area (Å²) < 4.78 is 0. The molecule has 1 aromatic carbocycles. The molecule has 0 amide bonds. The number of rotatable bonds is 3. The predicted octanol–water partition coefficient (Wildman–Crippen LogP) is 3.98.